The lowest BCUT2D eigenvalue weighted by Gasteiger charge is -2.14. The van der Waals surface area contributed by atoms with Gasteiger partial charge in [-0.1, -0.05) is 6.07 Å². The van der Waals surface area contributed by atoms with E-state index in [1.54, 1.807) is 13.2 Å². The van der Waals surface area contributed by atoms with Gasteiger partial charge in [-0.2, -0.15) is 5.10 Å². The Hall–Kier alpha value is -2.70. The maximum absolute atomic E-state index is 5.68. The lowest BCUT2D eigenvalue weighted by Crippen LogP contribution is -2.38. The van der Waals surface area contributed by atoms with Gasteiger partial charge < -0.3 is 20.1 Å². The van der Waals surface area contributed by atoms with Crippen molar-refractivity contribution >= 4 is 5.96 Å². The standard InChI is InChI=1S/C19H29N5O2/c1-5-25-17-8-7-15(13-18(17)26-6-2)9-11-21-19(20-3)22-14-16-10-12-23-24(16)4/h7-8,10,12-13H,5-6,9,11,14H2,1-4H3,(H2,20,21,22). The van der Waals surface area contributed by atoms with E-state index in [4.69, 9.17) is 9.47 Å². The third kappa shape index (κ3) is 5.68. The number of guanidine groups is 1. The van der Waals surface area contributed by atoms with Crippen molar-refractivity contribution in [1.29, 1.82) is 0 Å². The summed E-state index contributed by atoms with van der Waals surface area (Å²) >= 11 is 0. The van der Waals surface area contributed by atoms with Crippen molar-refractivity contribution in [3.8, 4) is 11.5 Å². The SMILES string of the molecule is CCOc1ccc(CCNC(=NC)NCc2ccnn2C)cc1OCC. The van der Waals surface area contributed by atoms with Crippen molar-refractivity contribution in [3.05, 3.63) is 41.7 Å². The number of benzene rings is 1. The van der Waals surface area contributed by atoms with Crippen molar-refractivity contribution in [2.24, 2.45) is 12.0 Å². The molecule has 142 valence electrons. The molecule has 0 aliphatic heterocycles. The molecule has 0 unspecified atom stereocenters. The smallest absolute Gasteiger partial charge is 0.191 e. The summed E-state index contributed by atoms with van der Waals surface area (Å²) in [6.45, 7) is 6.63. The molecule has 0 saturated carbocycles. The van der Waals surface area contributed by atoms with Crippen LogP contribution in [0.15, 0.2) is 35.5 Å². The van der Waals surface area contributed by atoms with Gasteiger partial charge in [0.05, 0.1) is 25.5 Å². The first-order valence-electron chi connectivity index (χ1n) is 8.97. The molecule has 1 aromatic heterocycles. The van der Waals surface area contributed by atoms with Crippen LogP contribution in [0.4, 0.5) is 0 Å². The molecule has 0 amide bonds. The summed E-state index contributed by atoms with van der Waals surface area (Å²) in [5.74, 6) is 2.35. The molecule has 0 atom stereocenters. The minimum Gasteiger partial charge on any atom is -0.490 e. The quantitative estimate of drug-likeness (QED) is 0.530. The van der Waals surface area contributed by atoms with Crippen molar-refractivity contribution in [1.82, 2.24) is 20.4 Å². The first-order valence-corrected chi connectivity index (χ1v) is 8.97. The highest BCUT2D eigenvalue weighted by atomic mass is 16.5. The summed E-state index contributed by atoms with van der Waals surface area (Å²) in [6, 6.07) is 8.07. The molecule has 7 nitrogen and oxygen atoms in total. The molecule has 0 radical (unpaired) electrons. The fourth-order valence-electron chi connectivity index (χ4n) is 2.55. The Bertz CT molecular complexity index is 712. The van der Waals surface area contributed by atoms with Crippen LogP contribution in [-0.2, 0) is 20.0 Å². The van der Waals surface area contributed by atoms with Crippen molar-refractivity contribution in [3.63, 3.8) is 0 Å². The predicted molar refractivity (Wildman–Crippen MR) is 104 cm³/mol. The van der Waals surface area contributed by atoms with E-state index >= 15 is 0 Å². The second kappa shape index (κ2) is 10.3. The third-order valence-electron chi connectivity index (χ3n) is 3.90. The topological polar surface area (TPSA) is 72.7 Å². The molecule has 0 spiro atoms. The summed E-state index contributed by atoms with van der Waals surface area (Å²) in [7, 11) is 3.69. The molecule has 2 N–H and O–H groups in total. The molecule has 7 heteroatoms. The molecule has 0 saturated heterocycles. The number of rotatable bonds is 9. The monoisotopic (exact) mass is 359 g/mol. The molecule has 0 aliphatic carbocycles. The first kappa shape index (κ1) is 19.6. The summed E-state index contributed by atoms with van der Waals surface area (Å²) in [4.78, 5) is 4.25. The largest absolute Gasteiger partial charge is 0.490 e. The average molecular weight is 359 g/mol. The van der Waals surface area contributed by atoms with E-state index in [2.05, 4.69) is 26.8 Å². The molecule has 2 rings (SSSR count). The molecule has 1 aromatic carbocycles. The summed E-state index contributed by atoms with van der Waals surface area (Å²) < 4.78 is 13.1. The van der Waals surface area contributed by atoms with E-state index in [0.717, 1.165) is 36.1 Å². The van der Waals surface area contributed by atoms with Crippen LogP contribution in [0, 0.1) is 0 Å². The molecule has 2 aromatic rings. The number of aliphatic imine (C=N–C) groups is 1. The second-order valence-corrected chi connectivity index (χ2v) is 5.70. The summed E-state index contributed by atoms with van der Waals surface area (Å²) in [6.07, 6.45) is 2.65. The van der Waals surface area contributed by atoms with E-state index in [9.17, 15) is 0 Å². The highest BCUT2D eigenvalue weighted by molar-refractivity contribution is 5.79. The van der Waals surface area contributed by atoms with Gasteiger partial charge in [-0.3, -0.25) is 9.67 Å². The van der Waals surface area contributed by atoms with Gasteiger partial charge in [-0.15, -0.1) is 0 Å². The van der Waals surface area contributed by atoms with Gasteiger partial charge in [0.25, 0.3) is 0 Å². The van der Waals surface area contributed by atoms with E-state index < -0.39 is 0 Å². The Morgan fingerprint density at radius 1 is 1.12 bits per heavy atom. The van der Waals surface area contributed by atoms with Crippen molar-refractivity contribution in [2.45, 2.75) is 26.8 Å². The van der Waals surface area contributed by atoms with E-state index in [-0.39, 0.29) is 0 Å². The van der Waals surface area contributed by atoms with Gasteiger partial charge in [0.2, 0.25) is 0 Å². The van der Waals surface area contributed by atoms with Crippen molar-refractivity contribution in [2.75, 3.05) is 26.8 Å². The zero-order valence-electron chi connectivity index (χ0n) is 16.1. The van der Waals surface area contributed by atoms with Crippen LogP contribution in [0.25, 0.3) is 0 Å². The normalized spacial score (nSPS) is 11.3. The molecular weight excluding hydrogens is 330 g/mol. The maximum atomic E-state index is 5.68. The van der Waals surface area contributed by atoms with Crippen molar-refractivity contribution < 1.29 is 9.47 Å². The first-order chi connectivity index (χ1) is 12.7. The number of aromatic nitrogens is 2. The number of hydrogen-bond donors (Lipinski definition) is 2. The third-order valence-corrected chi connectivity index (χ3v) is 3.90. The molecular formula is C19H29N5O2. The number of nitrogens with one attached hydrogen (secondary N) is 2. The van der Waals surface area contributed by atoms with Crippen LogP contribution in [0.3, 0.4) is 0 Å². The highest BCUT2D eigenvalue weighted by Crippen LogP contribution is 2.28. The van der Waals surface area contributed by atoms with Crippen LogP contribution in [0.1, 0.15) is 25.1 Å². The van der Waals surface area contributed by atoms with E-state index in [1.807, 2.05) is 43.8 Å². The van der Waals surface area contributed by atoms with Gasteiger partial charge in [-0.05, 0) is 44.0 Å². The summed E-state index contributed by atoms with van der Waals surface area (Å²) in [5.41, 5.74) is 2.28. The van der Waals surface area contributed by atoms with Gasteiger partial charge in [0, 0.05) is 26.8 Å². The van der Waals surface area contributed by atoms with Crippen LogP contribution in [0.2, 0.25) is 0 Å². The molecule has 0 aliphatic rings. The lowest BCUT2D eigenvalue weighted by atomic mass is 10.1. The average Bonchev–Trinajstić information content (AvgIpc) is 3.05. The molecule has 0 fully saturated rings. The Morgan fingerprint density at radius 3 is 2.54 bits per heavy atom. The zero-order chi connectivity index (χ0) is 18.8. The van der Waals surface area contributed by atoms with Gasteiger partial charge >= 0.3 is 0 Å². The number of nitrogens with zero attached hydrogens (tertiary/aromatic N) is 3. The van der Waals surface area contributed by atoms with Crippen LogP contribution < -0.4 is 20.1 Å². The minimum absolute atomic E-state index is 0.617. The molecule has 26 heavy (non-hydrogen) atoms. The van der Waals surface area contributed by atoms with Gasteiger partial charge in [0.1, 0.15) is 0 Å². The fraction of sp³-hybridized carbons (Fsp3) is 0.474. The minimum atomic E-state index is 0.617. The van der Waals surface area contributed by atoms with E-state index in [1.165, 1.54) is 5.56 Å². The number of ether oxygens (including phenoxy) is 2. The number of aryl methyl sites for hydroxylation is 1. The van der Waals surface area contributed by atoms with Crippen LogP contribution in [0.5, 0.6) is 11.5 Å². The number of hydrogen-bond acceptors (Lipinski definition) is 4. The molecule has 0 bridgehead atoms. The summed E-state index contributed by atoms with van der Waals surface area (Å²) in [5, 5.41) is 10.8. The van der Waals surface area contributed by atoms with E-state index in [0.29, 0.717) is 19.8 Å². The Morgan fingerprint density at radius 2 is 1.88 bits per heavy atom. The van der Waals surface area contributed by atoms with Crippen LogP contribution >= 0.6 is 0 Å². The Balaban J connectivity index is 1.85. The second-order valence-electron chi connectivity index (χ2n) is 5.70. The lowest BCUT2D eigenvalue weighted by molar-refractivity contribution is 0.287. The Labute approximate surface area is 155 Å². The molecule has 1 heterocycles. The fourth-order valence-corrected chi connectivity index (χ4v) is 2.55. The zero-order valence-corrected chi connectivity index (χ0v) is 16.1. The highest BCUT2D eigenvalue weighted by Gasteiger charge is 2.07. The van der Waals surface area contributed by atoms with Gasteiger partial charge in [0.15, 0.2) is 17.5 Å². The maximum Gasteiger partial charge on any atom is 0.191 e. The predicted octanol–water partition coefficient (Wildman–Crippen LogP) is 2.13. The van der Waals surface area contributed by atoms with Gasteiger partial charge in [-0.25, -0.2) is 0 Å². The Kier molecular flexibility index (Phi) is 7.79. The van der Waals surface area contributed by atoms with Crippen LogP contribution in [-0.4, -0.2) is 42.5 Å².